The van der Waals surface area contributed by atoms with Crippen molar-refractivity contribution >= 4 is 24.3 Å². The van der Waals surface area contributed by atoms with Crippen LogP contribution in [0.4, 0.5) is 4.79 Å². The molecule has 1 aliphatic heterocycles. The molecule has 1 aliphatic carbocycles. The monoisotopic (exact) mass is 396 g/mol. The minimum absolute atomic E-state index is 0.0274. The summed E-state index contributed by atoms with van der Waals surface area (Å²) in [7, 11) is 0. The summed E-state index contributed by atoms with van der Waals surface area (Å²) in [6, 6.07) is -1.93. The number of amides is 4. The Bertz CT molecular complexity index is 598. The smallest absolute Gasteiger partial charge is 0.408 e. The van der Waals surface area contributed by atoms with E-state index in [-0.39, 0.29) is 30.8 Å². The lowest BCUT2D eigenvalue weighted by atomic mass is 9.83. The molecular formula is C19H32N4O5. The van der Waals surface area contributed by atoms with Crippen molar-refractivity contribution in [2.45, 2.75) is 83.0 Å². The Kier molecular flexibility index (Phi) is 7.26. The van der Waals surface area contributed by atoms with E-state index >= 15 is 0 Å². The first kappa shape index (κ1) is 22.0. The number of ether oxygens (including phenoxy) is 1. The zero-order valence-corrected chi connectivity index (χ0v) is 16.9. The van der Waals surface area contributed by atoms with Gasteiger partial charge in [0.05, 0.1) is 0 Å². The summed E-state index contributed by atoms with van der Waals surface area (Å²) in [5.74, 6) is -1.000. The van der Waals surface area contributed by atoms with Crippen LogP contribution in [0.5, 0.6) is 0 Å². The predicted molar refractivity (Wildman–Crippen MR) is 102 cm³/mol. The molecule has 28 heavy (non-hydrogen) atoms. The third-order valence-electron chi connectivity index (χ3n) is 5.28. The largest absolute Gasteiger partial charge is 0.444 e. The number of rotatable bonds is 6. The Balaban J connectivity index is 2.20. The summed E-state index contributed by atoms with van der Waals surface area (Å²) in [5.41, 5.74) is 4.80. The summed E-state index contributed by atoms with van der Waals surface area (Å²) in [4.78, 5) is 49.7. The molecule has 0 aromatic carbocycles. The van der Waals surface area contributed by atoms with E-state index < -0.39 is 29.7 Å². The van der Waals surface area contributed by atoms with E-state index in [1.807, 2.05) is 0 Å². The lowest BCUT2D eigenvalue weighted by Crippen LogP contribution is -2.56. The highest BCUT2D eigenvalue weighted by molar-refractivity contribution is 5.91. The average Bonchev–Trinajstić information content (AvgIpc) is 3.03. The maximum Gasteiger partial charge on any atom is 0.408 e. The number of primary amides is 1. The van der Waals surface area contributed by atoms with Crippen molar-refractivity contribution in [3.8, 4) is 0 Å². The van der Waals surface area contributed by atoms with E-state index in [4.69, 9.17) is 10.5 Å². The molecule has 1 saturated carbocycles. The quantitative estimate of drug-likeness (QED) is 0.568. The van der Waals surface area contributed by atoms with E-state index in [0.29, 0.717) is 6.41 Å². The fourth-order valence-corrected chi connectivity index (χ4v) is 4.03. The van der Waals surface area contributed by atoms with Crippen LogP contribution in [0.25, 0.3) is 0 Å². The predicted octanol–water partition coefficient (Wildman–Crippen LogP) is 0.661. The van der Waals surface area contributed by atoms with Gasteiger partial charge in [-0.15, -0.1) is 0 Å². The molecule has 1 saturated heterocycles. The Hall–Kier alpha value is -2.32. The standard InChI is InChI=1S/C19H32N4O5/c1-19(2,3)28-18(27)22-15(12-7-5-4-6-8-12)17(26)23-10-13(21-11-24)9-14(23)16(20)25/h11-15H,4-10H2,1-3H3,(H2,20,25)(H,21,24)(H,22,27). The second-order valence-electron chi connectivity index (χ2n) is 8.65. The van der Waals surface area contributed by atoms with E-state index in [1.54, 1.807) is 20.8 Å². The van der Waals surface area contributed by atoms with E-state index in [1.165, 1.54) is 4.90 Å². The molecular weight excluding hydrogens is 364 g/mol. The molecule has 0 spiro atoms. The van der Waals surface area contributed by atoms with Crippen LogP contribution in [0.1, 0.15) is 59.3 Å². The maximum absolute atomic E-state index is 13.3. The van der Waals surface area contributed by atoms with Crippen LogP contribution >= 0.6 is 0 Å². The zero-order chi connectivity index (χ0) is 20.9. The van der Waals surface area contributed by atoms with E-state index in [0.717, 1.165) is 32.1 Å². The van der Waals surface area contributed by atoms with Crippen LogP contribution in [0.15, 0.2) is 0 Å². The molecule has 2 rings (SSSR count). The number of carbonyl (C=O) groups excluding carboxylic acids is 4. The van der Waals surface area contributed by atoms with Crippen molar-refractivity contribution in [2.75, 3.05) is 6.54 Å². The second kappa shape index (κ2) is 9.25. The van der Waals surface area contributed by atoms with Crippen molar-refractivity contribution in [3.05, 3.63) is 0 Å². The van der Waals surface area contributed by atoms with Crippen LogP contribution in [-0.2, 0) is 19.1 Å². The van der Waals surface area contributed by atoms with Gasteiger partial charge in [0.25, 0.3) is 0 Å². The highest BCUT2D eigenvalue weighted by Gasteiger charge is 2.43. The van der Waals surface area contributed by atoms with Crippen molar-refractivity contribution in [2.24, 2.45) is 11.7 Å². The minimum Gasteiger partial charge on any atom is -0.444 e. The van der Waals surface area contributed by atoms with Gasteiger partial charge in [-0.3, -0.25) is 14.4 Å². The minimum atomic E-state index is -0.809. The van der Waals surface area contributed by atoms with Gasteiger partial charge in [-0.05, 0) is 46.0 Å². The molecule has 1 heterocycles. The Morgan fingerprint density at radius 3 is 2.36 bits per heavy atom. The number of hydrogen-bond donors (Lipinski definition) is 3. The third-order valence-corrected chi connectivity index (χ3v) is 5.28. The number of nitrogens with two attached hydrogens (primary N) is 1. The Labute approximate surface area is 165 Å². The third kappa shape index (κ3) is 5.84. The lowest BCUT2D eigenvalue weighted by Gasteiger charge is -2.34. The van der Waals surface area contributed by atoms with Crippen molar-refractivity contribution in [3.63, 3.8) is 0 Å². The molecule has 0 aromatic rings. The molecule has 0 radical (unpaired) electrons. The van der Waals surface area contributed by atoms with Gasteiger partial charge in [0.1, 0.15) is 17.7 Å². The SMILES string of the molecule is CC(C)(C)OC(=O)NC(C(=O)N1CC(NC=O)CC1C(N)=O)C1CCCCC1. The topological polar surface area (TPSA) is 131 Å². The summed E-state index contributed by atoms with van der Waals surface area (Å²) in [6.07, 6.45) is 4.86. The van der Waals surface area contributed by atoms with Gasteiger partial charge in [0.15, 0.2) is 0 Å². The molecule has 3 atom stereocenters. The van der Waals surface area contributed by atoms with Crippen LogP contribution in [0.2, 0.25) is 0 Å². The molecule has 9 nitrogen and oxygen atoms in total. The van der Waals surface area contributed by atoms with Crippen molar-refractivity contribution in [1.29, 1.82) is 0 Å². The fraction of sp³-hybridized carbons (Fsp3) is 0.789. The molecule has 9 heteroatoms. The normalized spacial score (nSPS) is 24.3. The van der Waals surface area contributed by atoms with Gasteiger partial charge < -0.3 is 26.0 Å². The molecule has 0 aromatic heterocycles. The van der Waals surface area contributed by atoms with Gasteiger partial charge >= 0.3 is 6.09 Å². The number of hydrogen-bond acceptors (Lipinski definition) is 5. The van der Waals surface area contributed by atoms with Gasteiger partial charge in [0, 0.05) is 12.6 Å². The lowest BCUT2D eigenvalue weighted by molar-refractivity contribution is -0.140. The van der Waals surface area contributed by atoms with Gasteiger partial charge in [0.2, 0.25) is 18.2 Å². The second-order valence-corrected chi connectivity index (χ2v) is 8.65. The first-order valence-corrected chi connectivity index (χ1v) is 9.91. The number of nitrogens with zero attached hydrogens (tertiary/aromatic N) is 1. The fourth-order valence-electron chi connectivity index (χ4n) is 4.03. The molecule has 4 amide bonds. The van der Waals surface area contributed by atoms with Gasteiger partial charge in [-0.25, -0.2) is 4.79 Å². The summed E-state index contributed by atoms with van der Waals surface area (Å²) in [5, 5.41) is 5.34. The van der Waals surface area contributed by atoms with Crippen molar-refractivity contribution < 1.29 is 23.9 Å². The van der Waals surface area contributed by atoms with E-state index in [2.05, 4.69) is 10.6 Å². The van der Waals surface area contributed by atoms with Crippen LogP contribution < -0.4 is 16.4 Å². The Morgan fingerprint density at radius 1 is 1.18 bits per heavy atom. The molecule has 4 N–H and O–H groups in total. The summed E-state index contributed by atoms with van der Waals surface area (Å²) >= 11 is 0. The number of likely N-dealkylation sites (tertiary alicyclic amines) is 1. The van der Waals surface area contributed by atoms with Crippen molar-refractivity contribution in [1.82, 2.24) is 15.5 Å². The first-order valence-electron chi connectivity index (χ1n) is 9.91. The highest BCUT2D eigenvalue weighted by atomic mass is 16.6. The molecule has 0 bridgehead atoms. The van der Waals surface area contributed by atoms with E-state index in [9.17, 15) is 19.2 Å². The molecule has 2 fully saturated rings. The maximum atomic E-state index is 13.3. The van der Waals surface area contributed by atoms with Crippen LogP contribution in [-0.4, -0.2) is 59.5 Å². The van der Waals surface area contributed by atoms with Gasteiger partial charge in [-0.1, -0.05) is 19.3 Å². The molecule has 3 unspecified atom stereocenters. The first-order chi connectivity index (χ1) is 13.1. The summed E-state index contributed by atoms with van der Waals surface area (Å²) in [6.45, 7) is 5.44. The van der Waals surface area contributed by atoms with Crippen LogP contribution in [0.3, 0.4) is 0 Å². The van der Waals surface area contributed by atoms with Crippen LogP contribution in [0, 0.1) is 5.92 Å². The number of alkyl carbamates (subject to hydrolysis) is 1. The van der Waals surface area contributed by atoms with Gasteiger partial charge in [-0.2, -0.15) is 0 Å². The summed E-state index contributed by atoms with van der Waals surface area (Å²) < 4.78 is 5.33. The zero-order valence-electron chi connectivity index (χ0n) is 16.9. The number of nitrogens with one attached hydrogen (secondary N) is 2. The molecule has 158 valence electrons. The number of carbonyl (C=O) groups is 4. The molecule has 2 aliphatic rings. The average molecular weight is 396 g/mol. The highest BCUT2D eigenvalue weighted by Crippen LogP contribution is 2.29. The Morgan fingerprint density at radius 2 is 1.82 bits per heavy atom.